The first-order valence-electron chi connectivity index (χ1n) is 25.1. The lowest BCUT2D eigenvalue weighted by Gasteiger charge is -2.36. The number of likely N-dealkylation sites (tertiary alicyclic amines) is 1. The van der Waals surface area contributed by atoms with Gasteiger partial charge in [-0.25, -0.2) is 4.79 Å². The molecule has 1 aliphatic heterocycles. The van der Waals surface area contributed by atoms with E-state index in [2.05, 4.69) is 0 Å². The molecule has 0 bridgehead atoms. The molecule has 214 valence electrons. The number of nitrogens with zero attached hydrogens (tertiary/aromatic N) is 1. The quantitative estimate of drug-likeness (QED) is 0.318. The van der Waals surface area contributed by atoms with E-state index in [1.165, 1.54) is 24.5 Å². The number of Topliss-reactive ketones (excluding diaryl/α,β-unsaturated/α-hetero) is 1. The third-order valence-electron chi connectivity index (χ3n) is 6.50. The molecule has 2 aliphatic carbocycles. The van der Waals surface area contributed by atoms with Crippen LogP contribution in [0.3, 0.4) is 0 Å². The van der Waals surface area contributed by atoms with E-state index in [1.54, 1.807) is 5.32 Å². The third-order valence-corrected chi connectivity index (χ3v) is 6.50. The predicted molar refractivity (Wildman–Crippen MR) is 144 cm³/mol. The van der Waals surface area contributed by atoms with E-state index >= 15 is 0 Å². The van der Waals surface area contributed by atoms with Gasteiger partial charge in [0.1, 0.15) is 12.1 Å². The fourth-order valence-electron chi connectivity index (χ4n) is 4.66. The normalized spacial score (nSPS) is 44.8. The zero-order valence-electron chi connectivity index (χ0n) is 48.3. The molecule has 10 nitrogen and oxygen atoms in total. The van der Waals surface area contributed by atoms with Gasteiger partial charge in [0.05, 0.1) is 7.39 Å². The summed E-state index contributed by atoms with van der Waals surface area (Å²) < 4.78 is 227. The highest BCUT2D eigenvalue weighted by atomic mass is 16.2. The van der Waals surface area contributed by atoms with Crippen molar-refractivity contribution >= 4 is 29.5 Å². The van der Waals surface area contributed by atoms with Gasteiger partial charge in [-0.05, 0) is 61.9 Å². The van der Waals surface area contributed by atoms with Crippen molar-refractivity contribution in [2.75, 3.05) is 6.54 Å². The topological polar surface area (TPSA) is 151 Å². The molecular weight excluding hydrogens is 486 g/mol. The van der Waals surface area contributed by atoms with Crippen molar-refractivity contribution < 1.29 is 62.4 Å². The number of hydrogen-bond acceptors (Lipinski definition) is 5. The summed E-state index contributed by atoms with van der Waals surface area (Å²) in [4.78, 5) is 69.2. The first kappa shape index (κ1) is 9.77. The summed E-state index contributed by atoms with van der Waals surface area (Å²) in [5.74, 6) is -14.8. The molecule has 0 aromatic rings. The molecule has 10 heteroatoms. The number of nitrogens with two attached hydrogens (primary N) is 1. The van der Waals surface area contributed by atoms with Gasteiger partial charge in [0.2, 0.25) is 17.6 Å². The molecule has 1 heterocycles. The molecule has 3 aliphatic rings. The fraction of sp³-hybridized carbons (Fsp3) is 0.821. The SMILES string of the molecule is [2H]C([2H])([2H])C(C[C@H](NC(=O)NC(C([2H])([2H])[2H])(C([2H])([2H])[2H])C([2H])([2H])[2H])C(=O)N1C[C@H]2[C@@H]([C@H]1C(=O)NC([2H])(C(=O)C(N)=O)C([2H])([2H])C1([2H])C([2H])([2H])C([2H])([2H])C1([2H])[2H])C2(C)C)(C([2H])([2H])[2H])C([2H])([2H])[2H]. The largest absolute Gasteiger partial charge is 0.363 e. The van der Waals surface area contributed by atoms with Crippen molar-refractivity contribution in [1.82, 2.24) is 20.9 Å². The van der Waals surface area contributed by atoms with Crippen molar-refractivity contribution in [1.29, 1.82) is 0 Å². The van der Waals surface area contributed by atoms with Crippen LogP contribution in [0.1, 0.15) is 125 Å². The van der Waals surface area contributed by atoms with E-state index in [9.17, 15) is 24.0 Å². The summed E-state index contributed by atoms with van der Waals surface area (Å²) in [6.45, 7) is -22.9. The lowest BCUT2D eigenvalue weighted by molar-refractivity contribution is -0.144. The van der Waals surface area contributed by atoms with Crippen LogP contribution in [0, 0.1) is 28.6 Å². The average molecular weight is 562 g/mol. The highest BCUT2D eigenvalue weighted by Crippen LogP contribution is 2.65. The molecule has 2 saturated carbocycles. The van der Waals surface area contributed by atoms with Crippen LogP contribution in [-0.2, 0) is 19.2 Å². The van der Waals surface area contributed by atoms with Gasteiger partial charge in [0.25, 0.3) is 5.91 Å². The Hall–Kier alpha value is -2.65. The first-order chi connectivity index (χ1) is 28.6. The number of nitrogens with one attached hydrogen (secondary N) is 3. The van der Waals surface area contributed by atoms with Crippen LogP contribution in [-0.4, -0.2) is 64.6 Å². The van der Waals surface area contributed by atoms with Gasteiger partial charge in [-0.15, -0.1) is 0 Å². The first-order valence-corrected chi connectivity index (χ1v) is 11.1. The van der Waals surface area contributed by atoms with Gasteiger partial charge in [0.15, 0.2) is 0 Å². The van der Waals surface area contributed by atoms with Gasteiger partial charge >= 0.3 is 6.03 Å². The number of rotatable bonds is 9. The smallest absolute Gasteiger partial charge is 0.315 e. The molecule has 0 radical (unpaired) electrons. The predicted octanol–water partition coefficient (Wildman–Crippen LogP) is 2.10. The molecule has 0 aromatic heterocycles. The number of amides is 5. The second-order valence-electron chi connectivity index (χ2n) is 9.83. The number of ketones is 1. The Morgan fingerprint density at radius 3 is 2.39 bits per heavy atom. The maximum Gasteiger partial charge on any atom is 0.315 e. The second-order valence-corrected chi connectivity index (χ2v) is 9.83. The number of fused-ring (bicyclic) bond motifs is 1. The van der Waals surface area contributed by atoms with E-state index in [0.29, 0.717) is 4.90 Å². The summed E-state index contributed by atoms with van der Waals surface area (Å²) in [6, 6.07) is -11.9. The molecule has 1 saturated heterocycles. The van der Waals surface area contributed by atoms with Crippen LogP contribution < -0.4 is 21.7 Å². The molecular formula is C28H47N5O5. The molecule has 38 heavy (non-hydrogen) atoms. The highest BCUT2D eigenvalue weighted by Gasteiger charge is 2.69. The Balaban J connectivity index is 2.35. The maximum absolute atomic E-state index is 14.8. The van der Waals surface area contributed by atoms with E-state index in [1.807, 2.05) is 0 Å². The maximum atomic E-state index is 14.8. The Morgan fingerprint density at radius 2 is 1.82 bits per heavy atom. The number of carbonyl (C=O) groups excluding carboxylic acids is 5. The monoisotopic (exact) mass is 562 g/mol. The standard InChI is InChI=1S/C28H47N5O5/c1-26(2,3)13-18(31-25(38)32-27(4,5)6)24(37)33-14-16-19(28(16,7)8)20(33)23(36)30-17(21(34)22(29)35)12-15-10-9-11-15/h15-20H,9-14H2,1-8H3,(H2,29,35)(H,30,36)(H2,31,32,38)/t16-,17?,18-,19-,20-/m0/s1/i1D3,2D3,3D3,4D3,5D3,6D3,9D2,10D2,11D2,12D2,15D,17D. The van der Waals surface area contributed by atoms with Crippen molar-refractivity contribution in [3.63, 3.8) is 0 Å². The van der Waals surface area contributed by atoms with Crippen LogP contribution >= 0.6 is 0 Å². The number of primary amides is 1. The zero-order valence-corrected chi connectivity index (χ0v) is 20.3. The molecule has 1 unspecified atom stereocenters. The minimum Gasteiger partial charge on any atom is -0.363 e. The summed E-state index contributed by atoms with van der Waals surface area (Å²) in [6.07, 6.45) is -18.2. The lowest BCUT2D eigenvalue weighted by Crippen LogP contribution is -2.60. The third kappa shape index (κ3) is 6.86. The summed E-state index contributed by atoms with van der Waals surface area (Å²) in [5.41, 5.74) is -4.34. The molecule has 0 aromatic carbocycles. The van der Waals surface area contributed by atoms with Crippen molar-refractivity contribution in [2.45, 2.75) is 111 Å². The summed E-state index contributed by atoms with van der Waals surface area (Å²) >= 11 is 0. The van der Waals surface area contributed by atoms with Gasteiger partial charge in [-0.3, -0.25) is 19.2 Å². The van der Waals surface area contributed by atoms with Crippen molar-refractivity contribution in [2.24, 2.45) is 34.3 Å². The van der Waals surface area contributed by atoms with Crippen LogP contribution in [0.25, 0.3) is 0 Å². The van der Waals surface area contributed by atoms with Gasteiger partial charge in [0, 0.05) is 49.1 Å². The zero-order chi connectivity index (χ0) is 52.8. The van der Waals surface area contributed by atoms with E-state index < -0.39 is 161 Å². The number of urea groups is 1. The minimum absolute atomic E-state index is 0.344. The Morgan fingerprint density at radius 1 is 1.16 bits per heavy atom. The van der Waals surface area contributed by atoms with E-state index in [0.717, 1.165) is 0 Å². The summed E-state index contributed by atoms with van der Waals surface area (Å²) in [5, 5.41) is 4.30. The van der Waals surface area contributed by atoms with Crippen molar-refractivity contribution in [3.8, 4) is 0 Å². The Kier molecular flexibility index (Phi) is 2.70. The fourth-order valence-corrected chi connectivity index (χ4v) is 4.66. The molecule has 0 spiro atoms. The summed E-state index contributed by atoms with van der Waals surface area (Å²) in [7, 11) is 0. The van der Waals surface area contributed by atoms with Gasteiger partial charge in [-0.1, -0.05) is 53.5 Å². The molecule has 3 rings (SSSR count). The molecule has 5 amide bonds. The molecule has 5 atom stereocenters. The van der Waals surface area contributed by atoms with Gasteiger partial charge < -0.3 is 26.6 Å². The van der Waals surface area contributed by atoms with Crippen LogP contribution in [0.4, 0.5) is 4.79 Å². The van der Waals surface area contributed by atoms with Crippen LogP contribution in [0.2, 0.25) is 0 Å². The average Bonchev–Trinajstić information content (AvgIpc) is 3.37. The van der Waals surface area contributed by atoms with Gasteiger partial charge in [-0.2, -0.15) is 0 Å². The molecule has 3 fully saturated rings. The van der Waals surface area contributed by atoms with Crippen LogP contribution in [0.5, 0.6) is 0 Å². The Labute approximate surface area is 265 Å². The highest BCUT2D eigenvalue weighted by molar-refractivity contribution is 6.37. The number of carbonyl (C=O) groups is 5. The minimum atomic E-state index is -4.51. The van der Waals surface area contributed by atoms with Crippen LogP contribution in [0.15, 0.2) is 0 Å². The molecule has 5 N–H and O–H groups in total. The van der Waals surface area contributed by atoms with E-state index in [-0.39, 0.29) is 0 Å². The number of piperidine rings is 1. The Bertz CT molecular complexity index is 1910. The lowest BCUT2D eigenvalue weighted by atomic mass is 9.80. The van der Waals surface area contributed by atoms with Crippen molar-refractivity contribution in [3.05, 3.63) is 0 Å². The van der Waals surface area contributed by atoms with E-state index in [4.69, 9.17) is 44.1 Å². The number of hydrogen-bond donors (Lipinski definition) is 4. The second kappa shape index (κ2) is 10.5.